The number of methoxy groups -OCH3 is 1. The van der Waals surface area contributed by atoms with E-state index < -0.39 is 0 Å². The van der Waals surface area contributed by atoms with Crippen molar-refractivity contribution in [3.8, 4) is 5.75 Å². The number of carbonyl (C=O) groups is 1. The van der Waals surface area contributed by atoms with Gasteiger partial charge in [0.15, 0.2) is 0 Å². The van der Waals surface area contributed by atoms with Crippen LogP contribution in [0.25, 0.3) is 0 Å². The lowest BCUT2D eigenvalue weighted by atomic mass is 10.2. The number of nitrogens with zero attached hydrogens (tertiary/aromatic N) is 3. The third-order valence-corrected chi connectivity index (χ3v) is 5.55. The zero-order chi connectivity index (χ0) is 20.1. The number of piperazine rings is 1. The molecule has 0 bridgehead atoms. The molecule has 1 aromatic heterocycles. The molecule has 2 aliphatic heterocycles. The average Bonchev–Trinajstić information content (AvgIpc) is 3.33. The highest BCUT2D eigenvalue weighted by molar-refractivity contribution is 5.81. The lowest BCUT2D eigenvalue weighted by Crippen LogP contribution is -2.47. The molecule has 3 heterocycles. The molecule has 0 spiro atoms. The summed E-state index contributed by atoms with van der Waals surface area (Å²) in [6.07, 6.45) is 3.26. The van der Waals surface area contributed by atoms with E-state index in [0.717, 1.165) is 61.8 Å². The first-order chi connectivity index (χ1) is 14.3. The summed E-state index contributed by atoms with van der Waals surface area (Å²) in [5.41, 5.74) is 2.16. The van der Waals surface area contributed by atoms with Crippen LogP contribution in [0.2, 0.25) is 0 Å². The number of rotatable bonds is 6. The minimum atomic E-state index is -0.306. The maximum atomic E-state index is 12.3. The van der Waals surface area contributed by atoms with Crippen LogP contribution in [0.3, 0.4) is 0 Å². The fraction of sp³-hybridized carbons (Fsp3) is 0.455. The first kappa shape index (κ1) is 19.5. The molecule has 2 fully saturated rings. The third kappa shape index (κ3) is 4.45. The fourth-order valence-corrected chi connectivity index (χ4v) is 3.98. The molecule has 1 amide bonds. The van der Waals surface area contributed by atoms with Gasteiger partial charge in [0.1, 0.15) is 17.7 Å². The van der Waals surface area contributed by atoms with Crippen molar-refractivity contribution in [2.75, 3.05) is 49.7 Å². The molecule has 1 atom stereocenters. The van der Waals surface area contributed by atoms with Crippen molar-refractivity contribution in [3.05, 3.63) is 48.2 Å². The summed E-state index contributed by atoms with van der Waals surface area (Å²) < 4.78 is 11.0. The Morgan fingerprint density at radius 3 is 2.72 bits per heavy atom. The predicted molar refractivity (Wildman–Crippen MR) is 112 cm³/mol. The number of hydrogen-bond donors (Lipinski definition) is 1. The van der Waals surface area contributed by atoms with Crippen molar-refractivity contribution in [3.63, 3.8) is 0 Å². The fourth-order valence-electron chi connectivity index (χ4n) is 3.98. The Hall–Kier alpha value is -2.80. The van der Waals surface area contributed by atoms with Crippen LogP contribution in [0.1, 0.15) is 18.4 Å². The van der Waals surface area contributed by atoms with Crippen LogP contribution < -0.4 is 19.9 Å². The first-order valence-electron chi connectivity index (χ1n) is 10.2. The molecule has 0 radical (unpaired) electrons. The molecule has 0 aliphatic carbocycles. The summed E-state index contributed by atoms with van der Waals surface area (Å²) >= 11 is 0. The van der Waals surface area contributed by atoms with E-state index in [1.807, 2.05) is 36.5 Å². The van der Waals surface area contributed by atoms with Gasteiger partial charge >= 0.3 is 0 Å². The molecule has 2 saturated heterocycles. The van der Waals surface area contributed by atoms with Crippen molar-refractivity contribution >= 4 is 17.4 Å². The second kappa shape index (κ2) is 9.13. The molecule has 154 valence electrons. The number of para-hydroxylation sites is 2. The summed E-state index contributed by atoms with van der Waals surface area (Å²) in [6.45, 7) is 4.64. The molecule has 0 saturated carbocycles. The number of pyridine rings is 1. The van der Waals surface area contributed by atoms with Gasteiger partial charge in [-0.2, -0.15) is 0 Å². The highest BCUT2D eigenvalue weighted by Crippen LogP contribution is 2.29. The highest BCUT2D eigenvalue weighted by atomic mass is 16.5. The zero-order valence-corrected chi connectivity index (χ0v) is 16.8. The number of amides is 1. The molecule has 7 nitrogen and oxygen atoms in total. The van der Waals surface area contributed by atoms with Gasteiger partial charge in [-0.1, -0.05) is 18.2 Å². The molecule has 0 unspecified atom stereocenters. The summed E-state index contributed by atoms with van der Waals surface area (Å²) in [5, 5.41) is 3.01. The van der Waals surface area contributed by atoms with Crippen LogP contribution in [0.4, 0.5) is 11.5 Å². The van der Waals surface area contributed by atoms with Crippen molar-refractivity contribution in [2.45, 2.75) is 25.5 Å². The monoisotopic (exact) mass is 396 g/mol. The van der Waals surface area contributed by atoms with Gasteiger partial charge in [0.25, 0.3) is 0 Å². The van der Waals surface area contributed by atoms with Crippen LogP contribution in [0, 0.1) is 0 Å². The Balaban J connectivity index is 1.39. The molecule has 1 aromatic carbocycles. The Kier molecular flexibility index (Phi) is 6.14. The van der Waals surface area contributed by atoms with E-state index in [2.05, 4.69) is 26.2 Å². The Morgan fingerprint density at radius 1 is 1.17 bits per heavy atom. The third-order valence-electron chi connectivity index (χ3n) is 5.55. The minimum absolute atomic E-state index is 0.0294. The number of anilines is 2. The van der Waals surface area contributed by atoms with Gasteiger partial charge in [0.05, 0.1) is 12.8 Å². The van der Waals surface area contributed by atoms with Crippen molar-refractivity contribution in [1.29, 1.82) is 0 Å². The highest BCUT2D eigenvalue weighted by Gasteiger charge is 2.25. The first-order valence-corrected chi connectivity index (χ1v) is 10.2. The number of hydrogen-bond acceptors (Lipinski definition) is 6. The van der Waals surface area contributed by atoms with E-state index in [1.165, 1.54) is 0 Å². The second-order valence-electron chi connectivity index (χ2n) is 7.35. The molecule has 1 N–H and O–H groups in total. The van der Waals surface area contributed by atoms with Crippen molar-refractivity contribution < 1.29 is 14.3 Å². The minimum Gasteiger partial charge on any atom is -0.495 e. The van der Waals surface area contributed by atoms with Gasteiger partial charge in [-0.3, -0.25) is 4.79 Å². The molecule has 7 heteroatoms. The average molecular weight is 396 g/mol. The molecular formula is C22H28N4O3. The second-order valence-corrected chi connectivity index (χ2v) is 7.35. The number of aromatic nitrogens is 1. The topological polar surface area (TPSA) is 66.9 Å². The summed E-state index contributed by atoms with van der Waals surface area (Å²) in [4.78, 5) is 21.5. The predicted octanol–water partition coefficient (Wildman–Crippen LogP) is 2.21. The lowest BCUT2D eigenvalue weighted by Gasteiger charge is -2.37. The van der Waals surface area contributed by atoms with Gasteiger partial charge in [-0.15, -0.1) is 0 Å². The molecule has 2 aliphatic rings. The Bertz CT molecular complexity index is 830. The normalized spacial score (nSPS) is 19.3. The summed E-state index contributed by atoms with van der Waals surface area (Å²) in [6, 6.07) is 12.1. The van der Waals surface area contributed by atoms with Gasteiger partial charge in [0.2, 0.25) is 5.91 Å². The van der Waals surface area contributed by atoms with Crippen LogP contribution >= 0.6 is 0 Å². The SMILES string of the molecule is COc1ccccc1N1CCN(c2ncccc2CNC(=O)[C@H]2CCCO2)CC1. The van der Waals surface area contributed by atoms with Gasteiger partial charge in [-0.05, 0) is 31.0 Å². The van der Waals surface area contributed by atoms with E-state index >= 15 is 0 Å². The largest absolute Gasteiger partial charge is 0.495 e. The molecular weight excluding hydrogens is 368 g/mol. The maximum absolute atomic E-state index is 12.3. The number of benzene rings is 1. The number of ether oxygens (including phenoxy) is 2. The quantitative estimate of drug-likeness (QED) is 0.808. The number of nitrogens with one attached hydrogen (secondary N) is 1. The summed E-state index contributed by atoms with van der Waals surface area (Å²) in [5.74, 6) is 1.81. The molecule has 29 heavy (non-hydrogen) atoms. The van der Waals surface area contributed by atoms with Gasteiger partial charge in [0, 0.05) is 51.1 Å². The van der Waals surface area contributed by atoms with Crippen molar-refractivity contribution in [2.24, 2.45) is 0 Å². The van der Waals surface area contributed by atoms with E-state index in [-0.39, 0.29) is 12.0 Å². The Labute approximate surface area is 171 Å². The van der Waals surface area contributed by atoms with E-state index in [4.69, 9.17) is 9.47 Å². The maximum Gasteiger partial charge on any atom is 0.249 e. The van der Waals surface area contributed by atoms with Crippen LogP contribution in [-0.4, -0.2) is 56.9 Å². The van der Waals surface area contributed by atoms with E-state index in [9.17, 15) is 4.79 Å². The van der Waals surface area contributed by atoms with E-state index in [0.29, 0.717) is 13.2 Å². The lowest BCUT2D eigenvalue weighted by molar-refractivity contribution is -0.130. The van der Waals surface area contributed by atoms with Crippen LogP contribution in [-0.2, 0) is 16.1 Å². The molecule has 2 aromatic rings. The number of carbonyl (C=O) groups excluding carboxylic acids is 1. The van der Waals surface area contributed by atoms with Gasteiger partial charge in [-0.25, -0.2) is 4.98 Å². The zero-order valence-electron chi connectivity index (χ0n) is 16.8. The van der Waals surface area contributed by atoms with Crippen molar-refractivity contribution in [1.82, 2.24) is 10.3 Å². The van der Waals surface area contributed by atoms with Crippen LogP contribution in [0.15, 0.2) is 42.6 Å². The smallest absolute Gasteiger partial charge is 0.249 e. The molecule has 4 rings (SSSR count). The standard InChI is InChI=1S/C22H28N4O3/c1-28-19-8-3-2-7-18(19)25-11-13-26(14-12-25)21-17(6-4-10-23-21)16-24-22(27)20-9-5-15-29-20/h2-4,6-8,10,20H,5,9,11-16H2,1H3,(H,24,27)/t20-/m1/s1. The van der Waals surface area contributed by atoms with Crippen LogP contribution in [0.5, 0.6) is 5.75 Å². The Morgan fingerprint density at radius 2 is 1.97 bits per heavy atom. The summed E-state index contributed by atoms with van der Waals surface area (Å²) in [7, 11) is 1.71. The van der Waals surface area contributed by atoms with E-state index in [1.54, 1.807) is 7.11 Å². The van der Waals surface area contributed by atoms with Gasteiger partial charge < -0.3 is 24.6 Å².